The van der Waals surface area contributed by atoms with Gasteiger partial charge >= 0.3 is 0 Å². The van der Waals surface area contributed by atoms with E-state index in [9.17, 15) is 0 Å². The zero-order valence-electron chi connectivity index (χ0n) is 39.6. The molecule has 0 radical (unpaired) electrons. The minimum atomic E-state index is -0.165. The Balaban J connectivity index is 0.918. The molecule has 5 heteroatoms. The van der Waals surface area contributed by atoms with Crippen molar-refractivity contribution >= 4 is 65.6 Å². The largest absolute Gasteiger partial charge is 0.456 e. The second-order valence-electron chi connectivity index (χ2n) is 19.8. The van der Waals surface area contributed by atoms with Crippen LogP contribution in [0.4, 0.5) is 0 Å². The molecule has 0 saturated carbocycles. The molecule has 5 nitrogen and oxygen atoms in total. The number of fused-ring (bicyclic) bond motifs is 12. The highest BCUT2D eigenvalue weighted by Crippen LogP contribution is 2.51. The van der Waals surface area contributed by atoms with E-state index in [0.29, 0.717) is 5.82 Å². The van der Waals surface area contributed by atoms with Crippen LogP contribution in [-0.4, -0.2) is 19.1 Å². The Hall–Kier alpha value is -9.32. The van der Waals surface area contributed by atoms with Crippen molar-refractivity contribution in [2.24, 2.45) is 0 Å². The summed E-state index contributed by atoms with van der Waals surface area (Å²) in [6.07, 6.45) is 0. The first-order chi connectivity index (χ1) is 35.4. The van der Waals surface area contributed by atoms with Crippen molar-refractivity contribution in [1.82, 2.24) is 19.1 Å². The Labute approximate surface area is 415 Å². The van der Waals surface area contributed by atoms with E-state index >= 15 is 0 Å². The van der Waals surface area contributed by atoms with Crippen molar-refractivity contribution in [3.8, 4) is 67.5 Å². The molecule has 0 N–H and O–H groups in total. The fourth-order valence-electron chi connectivity index (χ4n) is 11.8. The quantitative estimate of drug-likeness (QED) is 0.167. The summed E-state index contributed by atoms with van der Waals surface area (Å²) in [6, 6.07) is 83.0. The fourth-order valence-corrected chi connectivity index (χ4v) is 11.8. The van der Waals surface area contributed by atoms with E-state index in [4.69, 9.17) is 14.4 Å². The molecule has 0 amide bonds. The van der Waals surface area contributed by atoms with Crippen LogP contribution in [0.25, 0.3) is 133 Å². The van der Waals surface area contributed by atoms with Gasteiger partial charge in [-0.3, -0.25) is 0 Å². The van der Waals surface area contributed by atoms with Gasteiger partial charge in [0, 0.05) is 71.9 Å². The van der Waals surface area contributed by atoms with Crippen molar-refractivity contribution in [1.29, 1.82) is 0 Å². The summed E-state index contributed by atoms with van der Waals surface area (Å²) in [6.45, 7) is 4.72. The maximum absolute atomic E-state index is 6.68. The summed E-state index contributed by atoms with van der Waals surface area (Å²) in [5.74, 6) is 0.699. The zero-order chi connectivity index (χ0) is 47.7. The summed E-state index contributed by atoms with van der Waals surface area (Å²) in [4.78, 5) is 10.3. The summed E-state index contributed by atoms with van der Waals surface area (Å²) in [5.41, 5.74) is 20.8. The highest BCUT2D eigenvalue weighted by molar-refractivity contribution is 6.18. The zero-order valence-corrected chi connectivity index (χ0v) is 39.6. The topological polar surface area (TPSA) is 48.8 Å². The van der Waals surface area contributed by atoms with Gasteiger partial charge in [0.1, 0.15) is 11.2 Å². The van der Waals surface area contributed by atoms with E-state index < -0.39 is 0 Å². The van der Waals surface area contributed by atoms with Crippen molar-refractivity contribution in [2.45, 2.75) is 19.3 Å². The van der Waals surface area contributed by atoms with Gasteiger partial charge in [0.25, 0.3) is 0 Å². The van der Waals surface area contributed by atoms with Gasteiger partial charge in [0.15, 0.2) is 5.82 Å². The first kappa shape index (κ1) is 40.6. The molecule has 0 atom stereocenters. The standard InChI is InChI=1S/C67H44N4O/c1-67(2)56-27-14-12-25-48(56)50-36-53-51-34-43(44-30-32-64-54(35-44)55-37-52-49-26-13-15-28-60(49)70(46-22-10-5-11-23-46)63(52)40-65(55)72-64)29-31-61(51)71(62(53)38-57(50)67)47-24-16-21-45(33-47)59-39-58(41-17-6-3-7-18-41)68-66(69-59)42-19-8-4-9-20-42/h3-40H,1-2H3. The Morgan fingerprint density at radius 2 is 0.917 bits per heavy atom. The SMILES string of the molecule is CC1(C)c2ccccc2-c2cc3c4cc(-c5ccc6oc7cc8c(cc7c6c5)c5ccccc5n8-c5ccccc5)ccc4n(-c4cccc(-c5cc(-c6ccccc6)nc(-c6ccccc6)n5)c4)c3cc21. The molecule has 0 fully saturated rings. The van der Waals surface area contributed by atoms with Crippen molar-refractivity contribution in [2.75, 3.05) is 0 Å². The van der Waals surface area contributed by atoms with Crippen LogP contribution in [0.15, 0.2) is 235 Å². The highest BCUT2D eigenvalue weighted by Gasteiger charge is 2.36. The molecule has 10 aromatic carbocycles. The summed E-state index contributed by atoms with van der Waals surface area (Å²) < 4.78 is 11.5. The van der Waals surface area contributed by atoms with E-state index in [0.717, 1.165) is 83.6 Å². The minimum Gasteiger partial charge on any atom is -0.456 e. The average Bonchev–Trinajstić information content (AvgIpc) is 4.14. The molecule has 0 bridgehead atoms. The Morgan fingerprint density at radius 1 is 0.333 bits per heavy atom. The number of benzene rings is 10. The van der Waals surface area contributed by atoms with Crippen molar-refractivity contribution in [3.63, 3.8) is 0 Å². The smallest absolute Gasteiger partial charge is 0.160 e. The van der Waals surface area contributed by atoms with E-state index in [-0.39, 0.29) is 5.41 Å². The van der Waals surface area contributed by atoms with Gasteiger partial charge in [-0.1, -0.05) is 159 Å². The Kier molecular flexibility index (Phi) is 8.64. The molecule has 0 unspecified atom stereocenters. The molecule has 0 aliphatic heterocycles. The molecule has 1 aliphatic rings. The highest BCUT2D eigenvalue weighted by atomic mass is 16.3. The van der Waals surface area contributed by atoms with Crippen LogP contribution < -0.4 is 0 Å². The number of furan rings is 1. The van der Waals surface area contributed by atoms with Gasteiger partial charge in [-0.05, 0) is 112 Å². The van der Waals surface area contributed by atoms with Crippen LogP contribution in [0.5, 0.6) is 0 Å². The molecule has 4 heterocycles. The number of nitrogens with zero attached hydrogens (tertiary/aromatic N) is 4. The first-order valence-corrected chi connectivity index (χ1v) is 24.7. The molecule has 4 aromatic heterocycles. The summed E-state index contributed by atoms with van der Waals surface area (Å²) in [7, 11) is 0. The monoisotopic (exact) mass is 920 g/mol. The van der Waals surface area contributed by atoms with Crippen LogP contribution in [-0.2, 0) is 5.41 Å². The first-order valence-electron chi connectivity index (χ1n) is 24.7. The third-order valence-electron chi connectivity index (χ3n) is 15.3. The van der Waals surface area contributed by atoms with Crippen molar-refractivity contribution < 1.29 is 4.42 Å². The molecule has 0 spiro atoms. The van der Waals surface area contributed by atoms with Crippen LogP contribution in [0.3, 0.4) is 0 Å². The molecular formula is C67H44N4O. The van der Waals surface area contributed by atoms with E-state index in [1.165, 1.54) is 54.8 Å². The molecule has 0 saturated heterocycles. The second kappa shape index (κ2) is 15.3. The maximum Gasteiger partial charge on any atom is 0.160 e. The number of aromatic nitrogens is 4. The molecule has 72 heavy (non-hydrogen) atoms. The number of rotatable bonds is 6. The lowest BCUT2D eigenvalue weighted by atomic mass is 9.82. The number of hydrogen-bond acceptors (Lipinski definition) is 3. The van der Waals surface area contributed by atoms with Crippen LogP contribution in [0, 0.1) is 0 Å². The third kappa shape index (κ3) is 6.07. The van der Waals surface area contributed by atoms with Crippen molar-refractivity contribution in [3.05, 3.63) is 242 Å². The van der Waals surface area contributed by atoms with Gasteiger partial charge in [-0.25, -0.2) is 9.97 Å². The summed E-state index contributed by atoms with van der Waals surface area (Å²) in [5, 5.41) is 7.06. The third-order valence-corrected chi connectivity index (χ3v) is 15.3. The predicted octanol–water partition coefficient (Wildman–Crippen LogP) is 17.5. The van der Waals surface area contributed by atoms with Gasteiger partial charge in [0.05, 0.1) is 33.5 Å². The predicted molar refractivity (Wildman–Crippen MR) is 297 cm³/mol. The van der Waals surface area contributed by atoms with Crippen LogP contribution in [0.2, 0.25) is 0 Å². The van der Waals surface area contributed by atoms with E-state index in [1.807, 2.05) is 24.3 Å². The van der Waals surface area contributed by atoms with Crippen LogP contribution in [0.1, 0.15) is 25.0 Å². The van der Waals surface area contributed by atoms with E-state index in [1.54, 1.807) is 0 Å². The summed E-state index contributed by atoms with van der Waals surface area (Å²) >= 11 is 0. The van der Waals surface area contributed by atoms with E-state index in [2.05, 4.69) is 229 Å². The number of hydrogen-bond donors (Lipinski definition) is 0. The number of para-hydroxylation sites is 2. The van der Waals surface area contributed by atoms with Gasteiger partial charge in [-0.15, -0.1) is 0 Å². The van der Waals surface area contributed by atoms with Gasteiger partial charge in [0.2, 0.25) is 0 Å². The normalized spacial score (nSPS) is 13.0. The van der Waals surface area contributed by atoms with Crippen LogP contribution >= 0.6 is 0 Å². The fraction of sp³-hybridized carbons (Fsp3) is 0.0448. The molecule has 338 valence electrons. The lowest BCUT2D eigenvalue weighted by molar-refractivity contribution is 0.661. The Morgan fingerprint density at radius 3 is 1.74 bits per heavy atom. The molecule has 1 aliphatic carbocycles. The minimum absolute atomic E-state index is 0.165. The van der Waals surface area contributed by atoms with Gasteiger partial charge in [-0.2, -0.15) is 0 Å². The second-order valence-corrected chi connectivity index (χ2v) is 19.8. The Bertz CT molecular complexity index is 4460. The molecular weight excluding hydrogens is 877 g/mol. The maximum atomic E-state index is 6.68. The lowest BCUT2D eigenvalue weighted by Crippen LogP contribution is -2.14. The molecule has 14 aromatic rings. The lowest BCUT2D eigenvalue weighted by Gasteiger charge is -2.21. The molecule has 15 rings (SSSR count). The average molecular weight is 921 g/mol. The van der Waals surface area contributed by atoms with Gasteiger partial charge < -0.3 is 13.6 Å².